The highest BCUT2D eigenvalue weighted by molar-refractivity contribution is 7.21. The van der Waals surface area contributed by atoms with Crippen molar-refractivity contribution in [2.75, 3.05) is 14.2 Å². The van der Waals surface area contributed by atoms with E-state index in [1.54, 1.807) is 42.7 Å². The number of pyridine rings is 1. The van der Waals surface area contributed by atoms with E-state index in [1.165, 1.54) is 25.5 Å². The van der Waals surface area contributed by atoms with Gasteiger partial charge in [-0.2, -0.15) is 0 Å². The number of ether oxygens (including phenoxy) is 1. The summed E-state index contributed by atoms with van der Waals surface area (Å²) < 4.78 is 6.56. The number of benzene rings is 1. The number of hydrogen-bond donors (Lipinski definition) is 0. The number of likely N-dealkylation sites (N-methyl/N-ethyl adjacent to an activating group) is 1. The molecule has 0 aliphatic rings. The fraction of sp³-hybridized carbons (Fsp3) is 0.118. The predicted octanol–water partition coefficient (Wildman–Crippen LogP) is 3.94. The maximum Gasteiger partial charge on any atom is 0.319 e. The van der Waals surface area contributed by atoms with Gasteiger partial charge in [0.15, 0.2) is 5.75 Å². The molecule has 0 saturated heterocycles. The maximum atomic E-state index is 12.3. The largest absolute Gasteiger partial charge is 0.455 e. The van der Waals surface area contributed by atoms with Crippen molar-refractivity contribution < 1.29 is 19.2 Å². The van der Waals surface area contributed by atoms with Gasteiger partial charge in [0.2, 0.25) is 0 Å². The Kier molecular flexibility index (Phi) is 4.98. The van der Waals surface area contributed by atoms with Crippen molar-refractivity contribution >= 4 is 44.7 Å². The third kappa shape index (κ3) is 3.63. The maximum absolute atomic E-state index is 12.3. The van der Waals surface area contributed by atoms with Crippen molar-refractivity contribution in [3.63, 3.8) is 0 Å². The normalized spacial score (nSPS) is 10.7. The van der Waals surface area contributed by atoms with Crippen LogP contribution in [0, 0.1) is 0 Å². The van der Waals surface area contributed by atoms with E-state index in [-0.39, 0.29) is 4.88 Å². The summed E-state index contributed by atoms with van der Waals surface area (Å²) in [6.07, 6.45) is 3.18. The first-order valence-corrected chi connectivity index (χ1v) is 8.36. The van der Waals surface area contributed by atoms with E-state index in [2.05, 4.69) is 4.98 Å². The van der Waals surface area contributed by atoms with Gasteiger partial charge in [0.1, 0.15) is 5.75 Å². The van der Waals surface area contributed by atoms with Gasteiger partial charge in [-0.1, -0.05) is 11.6 Å². The highest BCUT2D eigenvalue weighted by atomic mass is 35.5. The summed E-state index contributed by atoms with van der Waals surface area (Å²) in [5.74, 6) is -0.319. The zero-order chi connectivity index (χ0) is 18.0. The molecule has 0 saturated carbocycles. The number of carbonyl (C=O) groups excluding carboxylic acids is 2. The Labute approximate surface area is 152 Å². The topological polar surface area (TPSA) is 68.7 Å². The monoisotopic (exact) mass is 376 g/mol. The summed E-state index contributed by atoms with van der Waals surface area (Å²) >= 11 is 7.04. The smallest absolute Gasteiger partial charge is 0.319 e. The van der Waals surface area contributed by atoms with Crippen LogP contribution in [-0.2, 0) is 9.63 Å². The molecule has 0 atom stereocenters. The molecule has 0 unspecified atom stereocenters. The van der Waals surface area contributed by atoms with Gasteiger partial charge in [0, 0.05) is 23.7 Å². The highest BCUT2D eigenvalue weighted by Gasteiger charge is 2.23. The minimum atomic E-state index is -0.748. The fourth-order valence-corrected chi connectivity index (χ4v) is 3.19. The zero-order valence-electron chi connectivity index (χ0n) is 13.4. The summed E-state index contributed by atoms with van der Waals surface area (Å²) in [4.78, 5) is 33.4. The molecule has 0 fully saturated rings. The third-order valence-corrected chi connectivity index (χ3v) is 4.75. The molecule has 1 amide bonds. The second-order valence-corrected chi connectivity index (χ2v) is 6.55. The Morgan fingerprint density at radius 1 is 1.20 bits per heavy atom. The molecule has 0 aliphatic carbocycles. The van der Waals surface area contributed by atoms with E-state index in [1.807, 2.05) is 0 Å². The van der Waals surface area contributed by atoms with Crippen LogP contribution in [0.2, 0.25) is 5.02 Å². The summed E-state index contributed by atoms with van der Waals surface area (Å²) in [6, 6.07) is 8.52. The van der Waals surface area contributed by atoms with Crippen LogP contribution in [0.15, 0.2) is 42.7 Å². The van der Waals surface area contributed by atoms with Crippen LogP contribution in [0.3, 0.4) is 0 Å². The quantitative estimate of drug-likeness (QED) is 0.383. The molecule has 0 radical (unpaired) electrons. The van der Waals surface area contributed by atoms with E-state index in [9.17, 15) is 9.59 Å². The summed E-state index contributed by atoms with van der Waals surface area (Å²) in [6.45, 7) is 0. The van der Waals surface area contributed by atoms with Gasteiger partial charge in [-0.15, -0.1) is 11.3 Å². The van der Waals surface area contributed by atoms with Crippen LogP contribution in [-0.4, -0.2) is 35.9 Å². The number of carbonyl (C=O) groups is 2. The van der Waals surface area contributed by atoms with Crippen molar-refractivity contribution in [1.29, 1.82) is 0 Å². The molecule has 3 aromatic rings. The average Bonchev–Trinajstić information content (AvgIpc) is 3.07. The lowest BCUT2D eigenvalue weighted by Gasteiger charge is -2.11. The van der Waals surface area contributed by atoms with Crippen LogP contribution in [0.5, 0.6) is 11.5 Å². The summed E-state index contributed by atoms with van der Waals surface area (Å²) in [5.41, 5.74) is 0. The molecular weight excluding hydrogens is 364 g/mol. The summed E-state index contributed by atoms with van der Waals surface area (Å²) in [5, 5.41) is 2.19. The molecule has 0 spiro atoms. The number of ketones is 1. The zero-order valence-corrected chi connectivity index (χ0v) is 14.9. The van der Waals surface area contributed by atoms with E-state index >= 15 is 0 Å². The number of thiophene rings is 1. The van der Waals surface area contributed by atoms with E-state index in [0.717, 1.165) is 9.76 Å². The molecule has 0 bridgehead atoms. The summed E-state index contributed by atoms with van der Waals surface area (Å²) in [7, 11) is 2.70. The highest BCUT2D eigenvalue weighted by Crippen LogP contribution is 2.35. The first-order valence-electron chi connectivity index (χ1n) is 7.17. The van der Waals surface area contributed by atoms with Gasteiger partial charge in [0.05, 0.1) is 22.9 Å². The molecule has 2 heterocycles. The second-order valence-electron chi connectivity index (χ2n) is 5.03. The second kappa shape index (κ2) is 7.18. The molecule has 3 rings (SSSR count). The van der Waals surface area contributed by atoms with Crippen molar-refractivity contribution in [2.24, 2.45) is 0 Å². The molecule has 1 aromatic carbocycles. The van der Waals surface area contributed by atoms with Crippen LogP contribution in [0.1, 0.15) is 9.67 Å². The van der Waals surface area contributed by atoms with Gasteiger partial charge in [-0.25, -0.2) is 5.06 Å². The fourth-order valence-electron chi connectivity index (χ4n) is 2.09. The van der Waals surface area contributed by atoms with E-state index in [0.29, 0.717) is 21.9 Å². The van der Waals surface area contributed by atoms with Gasteiger partial charge in [-0.3, -0.25) is 19.4 Å². The lowest BCUT2D eigenvalue weighted by molar-refractivity contribution is -0.162. The number of nitrogens with zero attached hydrogens (tertiary/aromatic N) is 2. The van der Waals surface area contributed by atoms with E-state index < -0.39 is 11.7 Å². The molecule has 8 heteroatoms. The van der Waals surface area contributed by atoms with Crippen LogP contribution in [0.4, 0.5) is 0 Å². The number of rotatable bonds is 5. The van der Waals surface area contributed by atoms with Gasteiger partial charge in [-0.05, 0) is 30.3 Å². The molecule has 6 nitrogen and oxygen atoms in total. The lowest BCUT2D eigenvalue weighted by atomic mass is 10.2. The molecule has 0 aliphatic heterocycles. The molecule has 0 N–H and O–H groups in total. The number of amides is 1. The number of Topliss-reactive ketones (excluding diaryl/α,β-unsaturated/α-hetero) is 1. The first kappa shape index (κ1) is 17.3. The Hall–Kier alpha value is -2.48. The molecule has 25 heavy (non-hydrogen) atoms. The van der Waals surface area contributed by atoms with Gasteiger partial charge >= 0.3 is 5.91 Å². The Balaban J connectivity index is 1.94. The SMILES string of the molecule is CON(C)C(=O)C(=O)c1cc2c(Oc3ccc(Cl)cc3)cncc2s1. The van der Waals surface area contributed by atoms with Crippen molar-refractivity contribution in [2.45, 2.75) is 0 Å². The number of aromatic nitrogens is 1. The van der Waals surface area contributed by atoms with Crippen molar-refractivity contribution in [3.05, 3.63) is 52.6 Å². The minimum absolute atomic E-state index is 0.290. The van der Waals surface area contributed by atoms with Crippen molar-refractivity contribution in [1.82, 2.24) is 10.0 Å². The Bertz CT molecular complexity index is 939. The molecule has 2 aromatic heterocycles. The molecule has 128 valence electrons. The number of fused-ring (bicyclic) bond motifs is 1. The Morgan fingerprint density at radius 3 is 2.60 bits per heavy atom. The number of hydrogen-bond acceptors (Lipinski definition) is 6. The first-order chi connectivity index (χ1) is 12.0. The predicted molar refractivity (Wildman–Crippen MR) is 95.3 cm³/mol. The van der Waals surface area contributed by atoms with Crippen LogP contribution in [0.25, 0.3) is 10.1 Å². The number of halogens is 1. The van der Waals surface area contributed by atoms with Crippen LogP contribution >= 0.6 is 22.9 Å². The van der Waals surface area contributed by atoms with Crippen molar-refractivity contribution in [3.8, 4) is 11.5 Å². The van der Waals surface area contributed by atoms with Crippen LogP contribution < -0.4 is 4.74 Å². The molecular formula is C17H13ClN2O4S. The van der Waals surface area contributed by atoms with Gasteiger partial charge in [0.25, 0.3) is 5.78 Å². The standard InChI is InChI=1S/C17H13ClN2O4S/c1-20(23-2)17(22)16(21)14-7-12-13(8-19-9-15(12)25-14)24-11-5-3-10(18)4-6-11/h3-9H,1-2H3. The third-order valence-electron chi connectivity index (χ3n) is 3.43. The van der Waals surface area contributed by atoms with E-state index in [4.69, 9.17) is 21.2 Å². The van der Waals surface area contributed by atoms with Gasteiger partial charge < -0.3 is 4.74 Å². The number of hydroxylamine groups is 2. The average molecular weight is 377 g/mol. The Morgan fingerprint density at radius 2 is 1.92 bits per heavy atom. The lowest BCUT2D eigenvalue weighted by Crippen LogP contribution is -2.31. The minimum Gasteiger partial charge on any atom is -0.455 e.